The smallest absolute Gasteiger partial charge is 0.272 e. The van der Waals surface area contributed by atoms with E-state index in [0.717, 1.165) is 18.9 Å². The van der Waals surface area contributed by atoms with Crippen LogP contribution in [0.5, 0.6) is 11.6 Å². The SMILES string of the molecule is Cc1c(C(=O)NC2CC2)nn(C(C)(C)C)c1Oc1ccc([N+](=O)[O-])cc1S(=O)(=O)NC(C)(C)C. The van der Waals surface area contributed by atoms with Crippen molar-refractivity contribution in [2.45, 2.75) is 83.3 Å². The number of nitro groups is 1. The highest BCUT2D eigenvalue weighted by molar-refractivity contribution is 7.89. The molecule has 1 amide bonds. The van der Waals surface area contributed by atoms with Crippen LogP contribution in [0.1, 0.15) is 70.4 Å². The van der Waals surface area contributed by atoms with Crippen LogP contribution >= 0.6 is 0 Å². The molecule has 2 N–H and O–H groups in total. The first-order valence-corrected chi connectivity index (χ1v) is 12.4. The summed E-state index contributed by atoms with van der Waals surface area (Å²) in [5.74, 6) is -0.279. The molecule has 1 aliphatic rings. The van der Waals surface area contributed by atoms with Gasteiger partial charge in [0.2, 0.25) is 15.9 Å². The molecule has 0 bridgehead atoms. The summed E-state index contributed by atoms with van der Waals surface area (Å²) in [5.41, 5.74) is -1.23. The molecule has 0 aliphatic heterocycles. The monoisotopic (exact) mass is 493 g/mol. The normalized spacial score (nSPS) is 14.7. The Bertz CT molecular complexity index is 1230. The highest BCUT2D eigenvalue weighted by atomic mass is 32.2. The minimum atomic E-state index is -4.19. The fourth-order valence-electron chi connectivity index (χ4n) is 3.22. The number of non-ortho nitro benzene ring substituents is 1. The molecule has 0 atom stereocenters. The largest absolute Gasteiger partial charge is 0.438 e. The molecule has 0 saturated heterocycles. The Morgan fingerprint density at radius 3 is 2.32 bits per heavy atom. The van der Waals surface area contributed by atoms with Gasteiger partial charge in [-0.15, -0.1) is 0 Å². The van der Waals surface area contributed by atoms with E-state index >= 15 is 0 Å². The molecule has 1 fully saturated rings. The lowest BCUT2D eigenvalue weighted by Gasteiger charge is -2.24. The molecular weight excluding hydrogens is 462 g/mol. The minimum absolute atomic E-state index is 0.120. The van der Waals surface area contributed by atoms with Crippen molar-refractivity contribution < 1.29 is 22.9 Å². The maximum absolute atomic E-state index is 13.1. The molecule has 34 heavy (non-hydrogen) atoms. The summed E-state index contributed by atoms with van der Waals surface area (Å²) in [6.07, 6.45) is 1.83. The maximum atomic E-state index is 13.1. The molecule has 0 radical (unpaired) electrons. The van der Waals surface area contributed by atoms with Crippen LogP contribution in [0, 0.1) is 17.0 Å². The third kappa shape index (κ3) is 5.73. The lowest BCUT2D eigenvalue weighted by molar-refractivity contribution is -0.385. The Hall–Kier alpha value is -2.99. The summed E-state index contributed by atoms with van der Waals surface area (Å²) in [4.78, 5) is 23.0. The number of nitrogens with zero attached hydrogens (tertiary/aromatic N) is 3. The second kappa shape index (κ2) is 8.66. The number of rotatable bonds is 7. The van der Waals surface area contributed by atoms with E-state index in [4.69, 9.17) is 4.74 Å². The fraction of sp³-hybridized carbons (Fsp3) is 0.545. The minimum Gasteiger partial charge on any atom is -0.438 e. The van der Waals surface area contributed by atoms with Crippen molar-refractivity contribution in [1.29, 1.82) is 0 Å². The van der Waals surface area contributed by atoms with Crippen LogP contribution in [0.2, 0.25) is 0 Å². The van der Waals surface area contributed by atoms with Crippen molar-refractivity contribution in [1.82, 2.24) is 19.8 Å². The highest BCUT2D eigenvalue weighted by Gasteiger charge is 2.33. The maximum Gasteiger partial charge on any atom is 0.272 e. The van der Waals surface area contributed by atoms with Crippen LogP contribution in [0.3, 0.4) is 0 Å². The summed E-state index contributed by atoms with van der Waals surface area (Å²) in [6.45, 7) is 12.2. The zero-order valence-corrected chi connectivity index (χ0v) is 21.2. The van der Waals surface area contributed by atoms with Gasteiger partial charge in [-0.3, -0.25) is 14.9 Å². The zero-order chi connectivity index (χ0) is 25.6. The van der Waals surface area contributed by atoms with E-state index in [2.05, 4.69) is 15.1 Å². The molecule has 1 aliphatic carbocycles. The van der Waals surface area contributed by atoms with E-state index in [1.165, 1.54) is 16.8 Å². The second-order valence-corrected chi connectivity index (χ2v) is 12.1. The van der Waals surface area contributed by atoms with Gasteiger partial charge < -0.3 is 10.1 Å². The van der Waals surface area contributed by atoms with Crippen LogP contribution in [0.15, 0.2) is 23.1 Å². The van der Waals surface area contributed by atoms with Crippen molar-refractivity contribution >= 4 is 21.6 Å². The first kappa shape index (κ1) is 25.6. The zero-order valence-electron chi connectivity index (χ0n) is 20.4. The van der Waals surface area contributed by atoms with Gasteiger partial charge >= 0.3 is 0 Å². The second-order valence-electron chi connectivity index (χ2n) is 10.5. The fourth-order valence-corrected chi connectivity index (χ4v) is 4.79. The van der Waals surface area contributed by atoms with Crippen molar-refractivity contribution in [3.63, 3.8) is 0 Å². The van der Waals surface area contributed by atoms with Crippen molar-refractivity contribution in [3.05, 3.63) is 39.6 Å². The number of sulfonamides is 1. The molecule has 12 heteroatoms. The van der Waals surface area contributed by atoms with Gasteiger partial charge in [-0.05, 0) is 67.4 Å². The van der Waals surface area contributed by atoms with E-state index in [0.29, 0.717) is 5.56 Å². The van der Waals surface area contributed by atoms with E-state index in [1.807, 2.05) is 20.8 Å². The van der Waals surface area contributed by atoms with E-state index in [-0.39, 0.29) is 34.2 Å². The lowest BCUT2D eigenvalue weighted by atomic mass is 10.1. The average molecular weight is 494 g/mol. The number of nitro benzene ring substituents is 1. The number of benzene rings is 1. The van der Waals surface area contributed by atoms with E-state index in [9.17, 15) is 23.3 Å². The number of hydrogen-bond donors (Lipinski definition) is 2. The van der Waals surface area contributed by atoms with Crippen molar-refractivity contribution in [3.8, 4) is 11.6 Å². The molecule has 0 spiro atoms. The molecule has 186 valence electrons. The Balaban J connectivity index is 2.14. The van der Waals surface area contributed by atoms with Gasteiger partial charge in [-0.25, -0.2) is 17.8 Å². The standard InChI is InChI=1S/C22H31N5O6S/c1-13-18(19(28)23-14-8-9-14)24-26(22(5,6)7)20(13)33-16-11-10-15(27(29)30)12-17(16)34(31,32)25-21(2,3)4/h10-12,14,25H,8-9H2,1-7H3,(H,23,28). The Kier molecular flexibility index (Phi) is 6.53. The van der Waals surface area contributed by atoms with Gasteiger partial charge in [0, 0.05) is 29.3 Å². The van der Waals surface area contributed by atoms with Crippen LogP contribution in [0.25, 0.3) is 0 Å². The highest BCUT2D eigenvalue weighted by Crippen LogP contribution is 2.37. The summed E-state index contributed by atoms with van der Waals surface area (Å²) < 4.78 is 36.4. The van der Waals surface area contributed by atoms with Gasteiger partial charge in [0.1, 0.15) is 10.6 Å². The molecule has 11 nitrogen and oxygen atoms in total. The van der Waals surface area contributed by atoms with Crippen LogP contribution in [-0.2, 0) is 15.6 Å². The predicted octanol–water partition coefficient (Wildman–Crippen LogP) is 3.62. The molecule has 1 saturated carbocycles. The molecule has 1 aromatic heterocycles. The van der Waals surface area contributed by atoms with Crippen LogP contribution in [0.4, 0.5) is 5.69 Å². The number of carbonyl (C=O) groups excluding carboxylic acids is 1. The number of carbonyl (C=O) groups is 1. The Morgan fingerprint density at radius 1 is 1.21 bits per heavy atom. The van der Waals surface area contributed by atoms with Gasteiger partial charge in [0.15, 0.2) is 5.69 Å². The van der Waals surface area contributed by atoms with Crippen LogP contribution < -0.4 is 14.8 Å². The Morgan fingerprint density at radius 2 is 1.82 bits per heavy atom. The molecule has 1 aromatic carbocycles. The number of nitrogens with one attached hydrogen (secondary N) is 2. The van der Waals surface area contributed by atoms with Crippen LogP contribution in [-0.4, -0.2) is 40.6 Å². The van der Waals surface area contributed by atoms with E-state index < -0.39 is 31.7 Å². The third-order valence-corrected chi connectivity index (χ3v) is 6.69. The van der Waals surface area contributed by atoms with Gasteiger partial charge in [-0.2, -0.15) is 5.10 Å². The summed E-state index contributed by atoms with van der Waals surface area (Å²) in [5, 5.41) is 18.7. The predicted molar refractivity (Wildman–Crippen MR) is 126 cm³/mol. The first-order valence-electron chi connectivity index (χ1n) is 10.9. The van der Waals surface area contributed by atoms with Crippen molar-refractivity contribution in [2.75, 3.05) is 0 Å². The molecule has 0 unspecified atom stereocenters. The lowest BCUT2D eigenvalue weighted by Crippen LogP contribution is -2.40. The van der Waals surface area contributed by atoms with Gasteiger partial charge in [-0.1, -0.05) is 0 Å². The number of amides is 1. The summed E-state index contributed by atoms with van der Waals surface area (Å²) >= 11 is 0. The van der Waals surface area contributed by atoms with Gasteiger partial charge in [0.25, 0.3) is 11.6 Å². The number of aromatic nitrogens is 2. The molecule has 1 heterocycles. The topological polar surface area (TPSA) is 145 Å². The Labute approximate surface area is 199 Å². The average Bonchev–Trinajstić information content (AvgIpc) is 3.41. The molecule has 2 aromatic rings. The number of hydrogen-bond acceptors (Lipinski definition) is 7. The molecule has 3 rings (SSSR count). The molecular formula is C22H31N5O6S. The number of ether oxygens (including phenoxy) is 1. The summed E-state index contributed by atoms with van der Waals surface area (Å²) in [6, 6.07) is 3.49. The third-order valence-electron chi connectivity index (χ3n) is 4.91. The van der Waals surface area contributed by atoms with Crippen molar-refractivity contribution in [2.24, 2.45) is 0 Å². The first-order chi connectivity index (χ1) is 15.5. The summed E-state index contributed by atoms with van der Waals surface area (Å²) in [7, 11) is -4.19. The van der Waals surface area contributed by atoms with E-state index in [1.54, 1.807) is 27.7 Å². The quantitative estimate of drug-likeness (QED) is 0.442. The van der Waals surface area contributed by atoms with Gasteiger partial charge in [0.05, 0.1) is 10.5 Å².